The maximum atomic E-state index is 4.58. The molecule has 3 rings (SSSR count). The molecular formula is C18H32IN5S. The molecule has 0 radical (unpaired) electrons. The zero-order chi connectivity index (χ0) is 16.9. The van der Waals surface area contributed by atoms with E-state index in [9.17, 15) is 0 Å². The van der Waals surface area contributed by atoms with Crippen molar-refractivity contribution in [3.8, 4) is 0 Å². The number of aromatic nitrogens is 1. The molecule has 1 saturated heterocycles. The average Bonchev–Trinajstić information content (AvgIpc) is 3.28. The lowest BCUT2D eigenvalue weighted by Crippen LogP contribution is -2.44. The number of aryl methyl sites for hydroxylation is 2. The number of hydrogen-bond donors (Lipinski definition) is 2. The summed E-state index contributed by atoms with van der Waals surface area (Å²) in [6, 6.07) is 0.511. The van der Waals surface area contributed by atoms with Gasteiger partial charge in [-0.25, -0.2) is 4.98 Å². The highest BCUT2D eigenvalue weighted by Crippen LogP contribution is 2.26. The minimum atomic E-state index is 0. The van der Waals surface area contributed by atoms with Crippen LogP contribution in [0.3, 0.4) is 0 Å². The largest absolute Gasteiger partial charge is 0.352 e. The minimum absolute atomic E-state index is 0. The van der Waals surface area contributed by atoms with Crippen molar-refractivity contribution in [2.45, 2.75) is 58.5 Å². The third-order valence-corrected chi connectivity index (χ3v) is 6.38. The van der Waals surface area contributed by atoms with Crippen molar-refractivity contribution in [3.63, 3.8) is 0 Å². The van der Waals surface area contributed by atoms with Crippen molar-refractivity contribution in [2.75, 3.05) is 26.7 Å². The second-order valence-corrected chi connectivity index (χ2v) is 8.50. The van der Waals surface area contributed by atoms with E-state index in [4.69, 9.17) is 0 Å². The van der Waals surface area contributed by atoms with E-state index in [0.29, 0.717) is 6.04 Å². The molecule has 1 atom stereocenters. The lowest BCUT2D eigenvalue weighted by atomic mass is 10.1. The normalized spacial score (nSPS) is 22.2. The van der Waals surface area contributed by atoms with E-state index in [1.54, 1.807) is 11.3 Å². The van der Waals surface area contributed by atoms with Gasteiger partial charge < -0.3 is 15.5 Å². The second kappa shape index (κ2) is 10.1. The molecule has 1 aromatic rings. The Hall–Kier alpha value is -0.410. The summed E-state index contributed by atoms with van der Waals surface area (Å²) < 4.78 is 0. The van der Waals surface area contributed by atoms with E-state index in [1.807, 2.05) is 7.05 Å². The third-order valence-electron chi connectivity index (χ3n) is 5.31. The van der Waals surface area contributed by atoms with Crippen LogP contribution in [0.4, 0.5) is 0 Å². The first-order valence-corrected chi connectivity index (χ1v) is 10.1. The molecule has 1 aromatic heterocycles. The van der Waals surface area contributed by atoms with Crippen LogP contribution in [0.2, 0.25) is 0 Å². The van der Waals surface area contributed by atoms with Crippen LogP contribution in [0.25, 0.3) is 0 Å². The number of hydrogen-bond acceptors (Lipinski definition) is 4. The molecule has 1 saturated carbocycles. The van der Waals surface area contributed by atoms with Gasteiger partial charge in [0.15, 0.2) is 5.96 Å². The van der Waals surface area contributed by atoms with Crippen LogP contribution in [-0.2, 0) is 6.54 Å². The van der Waals surface area contributed by atoms with E-state index in [-0.39, 0.29) is 24.0 Å². The Bertz CT molecular complexity index is 548. The summed E-state index contributed by atoms with van der Waals surface area (Å²) in [6.07, 6.45) is 6.96. The molecule has 1 unspecified atom stereocenters. The number of aliphatic imine (C=N–C) groups is 1. The van der Waals surface area contributed by atoms with Crippen molar-refractivity contribution >= 4 is 41.3 Å². The smallest absolute Gasteiger partial charge is 0.191 e. The van der Waals surface area contributed by atoms with Gasteiger partial charge in [-0.3, -0.25) is 4.99 Å². The highest BCUT2D eigenvalue weighted by atomic mass is 127. The molecule has 5 nitrogen and oxygen atoms in total. The van der Waals surface area contributed by atoms with Crippen LogP contribution in [0.1, 0.15) is 47.7 Å². The fourth-order valence-electron chi connectivity index (χ4n) is 3.84. The lowest BCUT2D eigenvalue weighted by Gasteiger charge is -2.21. The number of thiazole rings is 1. The molecule has 2 fully saturated rings. The summed E-state index contributed by atoms with van der Waals surface area (Å²) in [5.41, 5.74) is 1.14. The number of halogens is 1. The van der Waals surface area contributed by atoms with E-state index < -0.39 is 0 Å². The van der Waals surface area contributed by atoms with Gasteiger partial charge in [0.2, 0.25) is 0 Å². The maximum absolute atomic E-state index is 4.58. The van der Waals surface area contributed by atoms with Gasteiger partial charge in [-0.15, -0.1) is 35.3 Å². The Morgan fingerprint density at radius 2 is 2.04 bits per heavy atom. The monoisotopic (exact) mass is 477 g/mol. The van der Waals surface area contributed by atoms with E-state index in [2.05, 4.69) is 39.4 Å². The van der Waals surface area contributed by atoms with Crippen LogP contribution in [0.15, 0.2) is 4.99 Å². The highest BCUT2D eigenvalue weighted by Gasteiger charge is 2.26. The predicted octanol–water partition coefficient (Wildman–Crippen LogP) is 3.31. The van der Waals surface area contributed by atoms with Crippen LogP contribution in [0.5, 0.6) is 0 Å². The van der Waals surface area contributed by atoms with E-state index in [0.717, 1.165) is 35.7 Å². The molecule has 2 aliphatic rings. The van der Waals surface area contributed by atoms with Gasteiger partial charge in [-0.1, -0.05) is 12.8 Å². The van der Waals surface area contributed by atoms with Crippen LogP contribution >= 0.6 is 35.3 Å². The molecular weight excluding hydrogens is 445 g/mol. The zero-order valence-electron chi connectivity index (χ0n) is 15.7. The Balaban J connectivity index is 0.00000225. The van der Waals surface area contributed by atoms with Gasteiger partial charge in [0.1, 0.15) is 5.01 Å². The number of likely N-dealkylation sites (tertiary alicyclic amines) is 1. The molecule has 142 valence electrons. The summed E-state index contributed by atoms with van der Waals surface area (Å²) in [7, 11) is 1.85. The second-order valence-electron chi connectivity index (χ2n) is 7.21. The molecule has 1 aliphatic heterocycles. The van der Waals surface area contributed by atoms with Gasteiger partial charge >= 0.3 is 0 Å². The predicted molar refractivity (Wildman–Crippen MR) is 117 cm³/mol. The molecule has 0 bridgehead atoms. The van der Waals surface area contributed by atoms with Crippen LogP contribution < -0.4 is 10.6 Å². The summed E-state index contributed by atoms with van der Waals surface area (Å²) in [5, 5.41) is 8.12. The molecule has 2 N–H and O–H groups in total. The highest BCUT2D eigenvalue weighted by molar-refractivity contribution is 14.0. The van der Waals surface area contributed by atoms with Crippen molar-refractivity contribution in [1.82, 2.24) is 20.5 Å². The number of nitrogens with one attached hydrogen (secondary N) is 2. The van der Waals surface area contributed by atoms with E-state index >= 15 is 0 Å². The SMILES string of the molecule is CN=C(NCc1nc(C)c(C)s1)NC1CCN(CC2CCCC2)C1.I. The topological polar surface area (TPSA) is 52.6 Å². The Morgan fingerprint density at radius 3 is 2.68 bits per heavy atom. The maximum Gasteiger partial charge on any atom is 0.191 e. The Labute approximate surface area is 173 Å². The van der Waals surface area contributed by atoms with Crippen molar-refractivity contribution in [2.24, 2.45) is 10.9 Å². The first kappa shape index (κ1) is 20.9. The number of guanidine groups is 1. The minimum Gasteiger partial charge on any atom is -0.352 e. The summed E-state index contributed by atoms with van der Waals surface area (Å²) in [4.78, 5) is 12.9. The average molecular weight is 477 g/mol. The summed E-state index contributed by atoms with van der Waals surface area (Å²) in [6.45, 7) is 8.60. The van der Waals surface area contributed by atoms with E-state index in [1.165, 1.54) is 50.1 Å². The summed E-state index contributed by atoms with van der Waals surface area (Å²) in [5.74, 6) is 1.84. The molecule has 0 amide bonds. The quantitative estimate of drug-likeness (QED) is 0.388. The standard InChI is InChI=1S/C18H31N5S.HI/c1-13-14(2)24-17(21-13)10-20-18(19-3)22-16-8-9-23(12-16)11-15-6-4-5-7-15;/h15-16H,4-12H2,1-3H3,(H2,19,20,22);1H. The fraction of sp³-hybridized carbons (Fsp3) is 0.778. The van der Waals surface area contributed by atoms with Crippen LogP contribution in [-0.4, -0.2) is 48.6 Å². The third kappa shape index (κ3) is 6.06. The van der Waals surface area contributed by atoms with Crippen LogP contribution in [0, 0.1) is 19.8 Å². The Morgan fingerprint density at radius 1 is 1.28 bits per heavy atom. The molecule has 25 heavy (non-hydrogen) atoms. The molecule has 0 aromatic carbocycles. The molecule has 7 heteroatoms. The Kier molecular flexibility index (Phi) is 8.41. The molecule has 1 aliphatic carbocycles. The zero-order valence-corrected chi connectivity index (χ0v) is 18.8. The number of nitrogens with zero attached hydrogens (tertiary/aromatic N) is 3. The first-order chi connectivity index (χ1) is 11.6. The van der Waals surface area contributed by atoms with Crippen molar-refractivity contribution < 1.29 is 0 Å². The lowest BCUT2D eigenvalue weighted by molar-refractivity contribution is 0.275. The van der Waals surface area contributed by atoms with Gasteiger partial charge in [0, 0.05) is 37.6 Å². The van der Waals surface area contributed by atoms with Gasteiger partial charge in [0.25, 0.3) is 0 Å². The number of rotatable bonds is 5. The first-order valence-electron chi connectivity index (χ1n) is 9.26. The van der Waals surface area contributed by atoms with Crippen molar-refractivity contribution in [3.05, 3.63) is 15.6 Å². The van der Waals surface area contributed by atoms with Gasteiger partial charge in [-0.2, -0.15) is 0 Å². The van der Waals surface area contributed by atoms with Gasteiger partial charge in [-0.05, 0) is 39.0 Å². The summed E-state index contributed by atoms with van der Waals surface area (Å²) >= 11 is 1.76. The van der Waals surface area contributed by atoms with Crippen molar-refractivity contribution in [1.29, 1.82) is 0 Å². The fourth-order valence-corrected chi connectivity index (χ4v) is 4.71. The molecule has 2 heterocycles. The van der Waals surface area contributed by atoms with Gasteiger partial charge in [0.05, 0.1) is 12.2 Å². The molecule has 0 spiro atoms.